The van der Waals surface area contributed by atoms with Crippen LogP contribution in [-0.4, -0.2) is 24.7 Å². The van der Waals surface area contributed by atoms with Gasteiger partial charge in [-0.1, -0.05) is 11.6 Å². The van der Waals surface area contributed by atoms with Gasteiger partial charge < -0.3 is 10.5 Å². The molecule has 1 unspecified atom stereocenters. The van der Waals surface area contributed by atoms with E-state index >= 15 is 0 Å². The Hall–Kier alpha value is -1.46. The number of methoxy groups -OCH3 is 1. The Balaban J connectivity index is 2.92. The smallest absolute Gasteiger partial charge is 0.272 e. The fourth-order valence-electron chi connectivity index (χ4n) is 1.61. The molecule has 0 aromatic heterocycles. The topological polar surface area (TPSA) is 78.4 Å². The van der Waals surface area contributed by atoms with Crippen LogP contribution < -0.4 is 5.73 Å². The van der Waals surface area contributed by atoms with Gasteiger partial charge in [0.25, 0.3) is 5.69 Å². The Morgan fingerprint density at radius 3 is 2.81 bits per heavy atom. The molecule has 0 aliphatic heterocycles. The third kappa shape index (κ3) is 3.29. The Bertz CT molecular complexity index is 379. The zero-order valence-corrected chi connectivity index (χ0v) is 9.47. The number of nitrogens with zero attached hydrogens (tertiary/aromatic N) is 1. The molecule has 0 saturated carbocycles. The predicted molar refractivity (Wildman–Crippen MR) is 61.4 cm³/mol. The third-order valence-corrected chi connectivity index (χ3v) is 2.29. The summed E-state index contributed by atoms with van der Waals surface area (Å²) in [4.78, 5) is 10.4. The molecule has 0 heterocycles. The van der Waals surface area contributed by atoms with Crippen molar-refractivity contribution in [1.29, 1.82) is 0 Å². The van der Waals surface area contributed by atoms with Gasteiger partial charge in [0.2, 0.25) is 0 Å². The maximum atomic E-state index is 10.8. The van der Waals surface area contributed by atoms with Gasteiger partial charge in [0.15, 0.2) is 0 Å². The van der Waals surface area contributed by atoms with E-state index in [1.54, 1.807) is 19.2 Å². The number of ether oxygens (including phenoxy) is 1. The van der Waals surface area contributed by atoms with Crippen LogP contribution in [0.2, 0.25) is 0 Å². The van der Waals surface area contributed by atoms with Crippen molar-refractivity contribution in [3.8, 4) is 0 Å². The van der Waals surface area contributed by atoms with Crippen molar-refractivity contribution in [3.05, 3.63) is 39.4 Å². The lowest BCUT2D eigenvalue weighted by Gasteiger charge is -2.11. The summed E-state index contributed by atoms with van der Waals surface area (Å²) in [5.74, 6) is 0. The molecular formula is C11H16N2O3. The van der Waals surface area contributed by atoms with Crippen LogP contribution in [-0.2, 0) is 11.2 Å². The standard InChI is InChI=1S/C11H16N2O3/c1-8-3-4-11(13(14)15)9(5-8)6-10(12)7-16-2/h3-5,10H,6-7,12H2,1-2H3. The van der Waals surface area contributed by atoms with Gasteiger partial charge in [-0.25, -0.2) is 0 Å². The highest BCUT2D eigenvalue weighted by molar-refractivity contribution is 5.43. The minimum Gasteiger partial charge on any atom is -0.383 e. The monoisotopic (exact) mass is 224 g/mol. The number of benzene rings is 1. The van der Waals surface area contributed by atoms with E-state index in [4.69, 9.17) is 10.5 Å². The molecule has 1 aromatic carbocycles. The van der Waals surface area contributed by atoms with E-state index in [0.717, 1.165) is 5.56 Å². The average Bonchev–Trinajstić information content (AvgIpc) is 2.17. The first-order valence-corrected chi connectivity index (χ1v) is 5.03. The lowest BCUT2D eigenvalue weighted by Crippen LogP contribution is -2.28. The molecule has 88 valence electrons. The fourth-order valence-corrected chi connectivity index (χ4v) is 1.61. The van der Waals surface area contributed by atoms with Crippen molar-refractivity contribution >= 4 is 5.69 Å². The number of nitrogens with two attached hydrogens (primary N) is 1. The van der Waals surface area contributed by atoms with Gasteiger partial charge in [-0.2, -0.15) is 0 Å². The Labute approximate surface area is 94.4 Å². The molecule has 1 rings (SSSR count). The normalized spacial score (nSPS) is 12.4. The van der Waals surface area contributed by atoms with Crippen molar-refractivity contribution in [2.75, 3.05) is 13.7 Å². The minimum absolute atomic E-state index is 0.122. The number of nitro benzene ring substituents is 1. The van der Waals surface area contributed by atoms with Crippen molar-refractivity contribution in [3.63, 3.8) is 0 Å². The molecule has 0 aliphatic carbocycles. The molecule has 5 nitrogen and oxygen atoms in total. The second-order valence-corrected chi connectivity index (χ2v) is 3.81. The van der Waals surface area contributed by atoms with Crippen LogP contribution in [0, 0.1) is 17.0 Å². The van der Waals surface area contributed by atoms with Crippen LogP contribution in [0.3, 0.4) is 0 Å². The van der Waals surface area contributed by atoms with E-state index < -0.39 is 0 Å². The molecule has 0 fully saturated rings. The van der Waals surface area contributed by atoms with Gasteiger partial charge in [-0.3, -0.25) is 10.1 Å². The first-order valence-electron chi connectivity index (χ1n) is 5.03. The van der Waals surface area contributed by atoms with Gasteiger partial charge in [0.05, 0.1) is 11.5 Å². The van der Waals surface area contributed by atoms with Crippen LogP contribution in [0.4, 0.5) is 5.69 Å². The first kappa shape index (κ1) is 12.6. The quantitative estimate of drug-likeness (QED) is 0.606. The van der Waals surface area contributed by atoms with Crippen LogP contribution in [0.5, 0.6) is 0 Å². The lowest BCUT2D eigenvalue weighted by atomic mass is 10.0. The summed E-state index contributed by atoms with van der Waals surface area (Å²) in [6.07, 6.45) is 0.450. The molecule has 0 bridgehead atoms. The van der Waals surface area contributed by atoms with Gasteiger partial charge >= 0.3 is 0 Å². The summed E-state index contributed by atoms with van der Waals surface area (Å²) in [6.45, 7) is 2.29. The van der Waals surface area contributed by atoms with Crippen molar-refractivity contribution in [2.24, 2.45) is 5.73 Å². The van der Waals surface area contributed by atoms with Gasteiger partial charge in [-0.15, -0.1) is 0 Å². The molecule has 5 heteroatoms. The maximum Gasteiger partial charge on any atom is 0.272 e. The fraction of sp³-hybridized carbons (Fsp3) is 0.455. The second kappa shape index (κ2) is 5.58. The van der Waals surface area contributed by atoms with Crippen molar-refractivity contribution in [2.45, 2.75) is 19.4 Å². The summed E-state index contributed by atoms with van der Waals surface area (Å²) in [6, 6.07) is 4.83. The number of hydrogen-bond acceptors (Lipinski definition) is 4. The molecule has 0 amide bonds. The Kier molecular flexibility index (Phi) is 4.39. The highest BCUT2D eigenvalue weighted by Crippen LogP contribution is 2.20. The molecule has 0 radical (unpaired) electrons. The lowest BCUT2D eigenvalue weighted by molar-refractivity contribution is -0.385. The summed E-state index contributed by atoms with van der Waals surface area (Å²) < 4.78 is 4.91. The molecule has 0 spiro atoms. The Morgan fingerprint density at radius 2 is 2.25 bits per heavy atom. The summed E-state index contributed by atoms with van der Waals surface area (Å²) in [7, 11) is 1.56. The molecule has 2 N–H and O–H groups in total. The zero-order valence-electron chi connectivity index (χ0n) is 9.47. The highest BCUT2D eigenvalue weighted by Gasteiger charge is 2.15. The predicted octanol–water partition coefficient (Wildman–Crippen LogP) is 1.42. The number of rotatable bonds is 5. The zero-order chi connectivity index (χ0) is 12.1. The highest BCUT2D eigenvalue weighted by atomic mass is 16.6. The van der Waals surface area contributed by atoms with Crippen LogP contribution in [0.1, 0.15) is 11.1 Å². The molecular weight excluding hydrogens is 208 g/mol. The van der Waals surface area contributed by atoms with E-state index in [0.29, 0.717) is 18.6 Å². The molecule has 16 heavy (non-hydrogen) atoms. The summed E-state index contributed by atoms with van der Waals surface area (Å²) in [5, 5.41) is 10.8. The summed E-state index contributed by atoms with van der Waals surface area (Å²) >= 11 is 0. The molecule has 0 saturated heterocycles. The average molecular weight is 224 g/mol. The molecule has 1 aromatic rings. The van der Waals surface area contributed by atoms with Crippen molar-refractivity contribution in [1.82, 2.24) is 0 Å². The number of aryl methyl sites for hydroxylation is 1. The van der Waals surface area contributed by atoms with E-state index in [1.807, 2.05) is 6.92 Å². The largest absolute Gasteiger partial charge is 0.383 e. The number of nitro groups is 1. The SMILES string of the molecule is COCC(N)Cc1cc(C)ccc1[N+](=O)[O-]. The summed E-state index contributed by atoms with van der Waals surface area (Å²) in [5.41, 5.74) is 7.56. The number of hydrogen-bond donors (Lipinski definition) is 1. The van der Waals surface area contributed by atoms with E-state index in [9.17, 15) is 10.1 Å². The van der Waals surface area contributed by atoms with Crippen LogP contribution in [0.15, 0.2) is 18.2 Å². The Morgan fingerprint density at radius 1 is 1.56 bits per heavy atom. The van der Waals surface area contributed by atoms with Gasteiger partial charge in [0.1, 0.15) is 0 Å². The van der Waals surface area contributed by atoms with Gasteiger partial charge in [-0.05, 0) is 19.4 Å². The van der Waals surface area contributed by atoms with E-state index in [1.165, 1.54) is 6.07 Å². The van der Waals surface area contributed by atoms with Crippen LogP contribution >= 0.6 is 0 Å². The minimum atomic E-state index is -0.381. The third-order valence-electron chi connectivity index (χ3n) is 2.29. The van der Waals surface area contributed by atoms with E-state index in [2.05, 4.69) is 0 Å². The van der Waals surface area contributed by atoms with Crippen LogP contribution in [0.25, 0.3) is 0 Å². The first-order chi connectivity index (χ1) is 7.54. The molecule has 1 atom stereocenters. The van der Waals surface area contributed by atoms with E-state index in [-0.39, 0.29) is 16.7 Å². The van der Waals surface area contributed by atoms with Crippen molar-refractivity contribution < 1.29 is 9.66 Å². The van der Waals surface area contributed by atoms with Gasteiger partial charge in [0, 0.05) is 24.8 Å². The maximum absolute atomic E-state index is 10.8. The molecule has 0 aliphatic rings. The second-order valence-electron chi connectivity index (χ2n) is 3.81.